The second-order valence-corrected chi connectivity index (χ2v) is 5.74. The smallest absolute Gasteiger partial charge is 0.107 e. The van der Waals surface area contributed by atoms with Gasteiger partial charge in [0.05, 0.1) is 6.10 Å². The van der Waals surface area contributed by atoms with Gasteiger partial charge in [0.25, 0.3) is 0 Å². The Hall–Kier alpha value is 0.390. The molecule has 1 rings (SSSR count). The fourth-order valence-electron chi connectivity index (χ4n) is 1.00. The van der Waals surface area contributed by atoms with Crippen molar-refractivity contribution >= 4 is 38.9 Å². The largest absolute Gasteiger partial charge is 0.393 e. The predicted molar refractivity (Wildman–Crippen MR) is 65.0 cm³/mol. The van der Waals surface area contributed by atoms with E-state index in [-0.39, 0.29) is 6.10 Å². The zero-order valence-corrected chi connectivity index (χ0v) is 11.0. The van der Waals surface area contributed by atoms with E-state index >= 15 is 0 Å². The van der Waals surface area contributed by atoms with Crippen molar-refractivity contribution in [1.82, 2.24) is 5.32 Å². The fraction of sp³-hybridized carbons (Fsp3) is 0.556. The van der Waals surface area contributed by atoms with Crippen LogP contribution in [0, 0.1) is 0 Å². The van der Waals surface area contributed by atoms with Crippen LogP contribution in [0.5, 0.6) is 0 Å². The van der Waals surface area contributed by atoms with E-state index in [4.69, 9.17) is 16.7 Å². The van der Waals surface area contributed by atoms with Crippen LogP contribution in [0.3, 0.4) is 0 Å². The summed E-state index contributed by atoms with van der Waals surface area (Å²) in [7, 11) is 0. The molecular formula is C9H13BrClNOS. The molecule has 1 aromatic heterocycles. The fourth-order valence-corrected chi connectivity index (χ4v) is 2.76. The van der Waals surface area contributed by atoms with Crippen LogP contribution in [0.2, 0.25) is 4.34 Å². The molecule has 0 saturated carbocycles. The highest BCUT2D eigenvalue weighted by Gasteiger charge is 2.03. The molecule has 14 heavy (non-hydrogen) atoms. The lowest BCUT2D eigenvalue weighted by atomic mass is 10.3. The molecule has 1 heterocycles. The summed E-state index contributed by atoms with van der Waals surface area (Å²) in [5.41, 5.74) is 0. The van der Waals surface area contributed by atoms with E-state index in [2.05, 4.69) is 21.2 Å². The summed E-state index contributed by atoms with van der Waals surface area (Å²) in [6, 6.07) is 2.02. The van der Waals surface area contributed by atoms with E-state index < -0.39 is 0 Å². The van der Waals surface area contributed by atoms with Gasteiger partial charge in [-0.2, -0.15) is 0 Å². The number of aliphatic hydroxyl groups excluding tert-OH is 1. The summed E-state index contributed by atoms with van der Waals surface area (Å²) >= 11 is 10.8. The van der Waals surface area contributed by atoms with Gasteiger partial charge in [-0.1, -0.05) is 11.6 Å². The van der Waals surface area contributed by atoms with Crippen molar-refractivity contribution in [2.24, 2.45) is 0 Å². The summed E-state index contributed by atoms with van der Waals surface area (Å²) in [5.74, 6) is 0. The Morgan fingerprint density at radius 1 is 1.71 bits per heavy atom. The van der Waals surface area contributed by atoms with Crippen LogP contribution in [0.25, 0.3) is 0 Å². The molecule has 80 valence electrons. The first kappa shape index (κ1) is 12.5. The van der Waals surface area contributed by atoms with Crippen LogP contribution >= 0.6 is 38.9 Å². The molecule has 0 aliphatic rings. The lowest BCUT2D eigenvalue weighted by Gasteiger charge is -2.04. The minimum atomic E-state index is -0.235. The summed E-state index contributed by atoms with van der Waals surface area (Å²) in [6.07, 6.45) is 0.543. The van der Waals surface area contributed by atoms with Gasteiger partial charge in [-0.05, 0) is 41.9 Å². The van der Waals surface area contributed by atoms with E-state index in [0.29, 0.717) is 0 Å². The molecule has 1 atom stereocenters. The molecule has 0 fully saturated rings. The van der Waals surface area contributed by atoms with Crippen molar-refractivity contribution in [3.05, 3.63) is 19.8 Å². The van der Waals surface area contributed by atoms with Crippen molar-refractivity contribution in [3.8, 4) is 0 Å². The molecule has 5 heteroatoms. The van der Waals surface area contributed by atoms with Gasteiger partial charge in [0, 0.05) is 15.9 Å². The third kappa shape index (κ3) is 4.28. The van der Waals surface area contributed by atoms with Gasteiger partial charge in [0.1, 0.15) is 4.34 Å². The highest BCUT2D eigenvalue weighted by atomic mass is 79.9. The van der Waals surface area contributed by atoms with Gasteiger partial charge in [-0.25, -0.2) is 0 Å². The minimum absolute atomic E-state index is 0.235. The molecular weight excluding hydrogens is 286 g/mol. The average molecular weight is 299 g/mol. The zero-order valence-electron chi connectivity index (χ0n) is 7.89. The van der Waals surface area contributed by atoms with E-state index in [9.17, 15) is 0 Å². The number of aliphatic hydroxyl groups is 1. The van der Waals surface area contributed by atoms with Crippen molar-refractivity contribution in [3.63, 3.8) is 0 Å². The van der Waals surface area contributed by atoms with Gasteiger partial charge >= 0.3 is 0 Å². The van der Waals surface area contributed by atoms with Crippen LogP contribution in [0.4, 0.5) is 0 Å². The molecule has 0 aliphatic carbocycles. The Morgan fingerprint density at radius 3 is 2.93 bits per heavy atom. The molecule has 1 unspecified atom stereocenters. The molecule has 0 aromatic carbocycles. The van der Waals surface area contributed by atoms with Crippen molar-refractivity contribution in [2.75, 3.05) is 6.54 Å². The van der Waals surface area contributed by atoms with E-state index in [1.165, 1.54) is 4.88 Å². The predicted octanol–water partition coefficient (Wildman–Crippen LogP) is 3.02. The van der Waals surface area contributed by atoms with Crippen LogP contribution in [-0.2, 0) is 6.54 Å². The van der Waals surface area contributed by atoms with E-state index in [0.717, 1.165) is 28.3 Å². The highest BCUT2D eigenvalue weighted by Crippen LogP contribution is 2.31. The number of nitrogens with one attached hydrogen (secondary N) is 1. The molecule has 1 aromatic rings. The summed E-state index contributed by atoms with van der Waals surface area (Å²) < 4.78 is 1.74. The second-order valence-electron chi connectivity index (χ2n) is 3.15. The average Bonchev–Trinajstić information content (AvgIpc) is 2.40. The molecule has 0 aliphatic heterocycles. The highest BCUT2D eigenvalue weighted by molar-refractivity contribution is 9.10. The van der Waals surface area contributed by atoms with Gasteiger partial charge in [-0.15, -0.1) is 11.3 Å². The van der Waals surface area contributed by atoms with Crippen LogP contribution in [0.1, 0.15) is 18.2 Å². The maximum atomic E-state index is 9.03. The Morgan fingerprint density at radius 2 is 2.43 bits per heavy atom. The molecule has 0 spiro atoms. The summed E-state index contributed by atoms with van der Waals surface area (Å²) in [4.78, 5) is 1.20. The topological polar surface area (TPSA) is 32.3 Å². The normalized spacial score (nSPS) is 13.1. The van der Waals surface area contributed by atoms with Crippen LogP contribution in [0.15, 0.2) is 10.5 Å². The molecule has 0 saturated heterocycles. The third-order valence-electron chi connectivity index (χ3n) is 1.73. The Labute approximate surface area is 101 Å². The first-order valence-corrected chi connectivity index (χ1v) is 6.41. The van der Waals surface area contributed by atoms with Gasteiger partial charge < -0.3 is 10.4 Å². The maximum absolute atomic E-state index is 9.03. The molecule has 0 radical (unpaired) electrons. The monoisotopic (exact) mass is 297 g/mol. The second kappa shape index (κ2) is 6.08. The lowest BCUT2D eigenvalue weighted by molar-refractivity contribution is 0.183. The van der Waals surface area contributed by atoms with Crippen molar-refractivity contribution < 1.29 is 5.11 Å². The third-order valence-corrected chi connectivity index (χ3v) is 4.21. The van der Waals surface area contributed by atoms with Crippen molar-refractivity contribution in [1.29, 1.82) is 0 Å². The molecule has 0 bridgehead atoms. The number of halogens is 2. The number of thiophene rings is 1. The van der Waals surface area contributed by atoms with Gasteiger partial charge in [0.15, 0.2) is 0 Å². The maximum Gasteiger partial charge on any atom is 0.107 e. The molecule has 0 amide bonds. The first-order valence-electron chi connectivity index (χ1n) is 4.42. The quantitative estimate of drug-likeness (QED) is 0.819. The first-order chi connectivity index (χ1) is 6.59. The van der Waals surface area contributed by atoms with E-state index in [1.54, 1.807) is 18.3 Å². The van der Waals surface area contributed by atoms with Gasteiger partial charge in [-0.3, -0.25) is 0 Å². The lowest BCUT2D eigenvalue weighted by Crippen LogP contribution is -2.17. The Balaban J connectivity index is 2.25. The Bertz CT molecular complexity index is 271. The Kier molecular flexibility index (Phi) is 5.41. The van der Waals surface area contributed by atoms with E-state index in [1.807, 2.05) is 6.07 Å². The van der Waals surface area contributed by atoms with Gasteiger partial charge in [0.2, 0.25) is 0 Å². The summed E-state index contributed by atoms with van der Waals surface area (Å²) in [5, 5.41) is 12.3. The zero-order chi connectivity index (χ0) is 10.6. The number of hydrogen-bond acceptors (Lipinski definition) is 3. The standard InChI is InChI=1S/C9H13BrClNOS/c1-6(13)2-3-12-5-7-4-8(10)9(11)14-7/h4,6,12-13H,2-3,5H2,1H3. The number of hydrogen-bond donors (Lipinski definition) is 2. The minimum Gasteiger partial charge on any atom is -0.393 e. The molecule has 2 N–H and O–H groups in total. The summed E-state index contributed by atoms with van der Waals surface area (Å²) in [6.45, 7) is 3.42. The SMILES string of the molecule is CC(O)CCNCc1cc(Br)c(Cl)s1. The molecule has 2 nitrogen and oxygen atoms in total. The van der Waals surface area contributed by atoms with Crippen molar-refractivity contribution in [2.45, 2.75) is 26.0 Å². The van der Waals surface area contributed by atoms with Crippen LogP contribution < -0.4 is 5.32 Å². The number of rotatable bonds is 5. The van der Waals surface area contributed by atoms with Crippen LogP contribution in [-0.4, -0.2) is 17.8 Å².